The van der Waals surface area contributed by atoms with Crippen molar-refractivity contribution in [3.05, 3.63) is 45.6 Å². The summed E-state index contributed by atoms with van der Waals surface area (Å²) in [6, 6.07) is 11.7. The van der Waals surface area contributed by atoms with E-state index in [1.54, 1.807) is 0 Å². The summed E-state index contributed by atoms with van der Waals surface area (Å²) in [7, 11) is 0. The third-order valence-corrected chi connectivity index (χ3v) is 3.42. The molecule has 0 amide bonds. The molecule has 1 aromatic carbocycles. The molecule has 0 saturated carbocycles. The molecule has 2 nitrogen and oxygen atoms in total. The molecule has 0 fully saturated rings. The monoisotopic (exact) mass is 227 g/mol. The van der Waals surface area contributed by atoms with Crippen molar-refractivity contribution in [2.75, 3.05) is 0 Å². The van der Waals surface area contributed by atoms with Crippen molar-refractivity contribution in [1.82, 2.24) is 0 Å². The molecule has 1 aromatic heterocycles. The van der Waals surface area contributed by atoms with Gasteiger partial charge in [-0.1, -0.05) is 30.3 Å². The van der Waals surface area contributed by atoms with E-state index in [4.69, 9.17) is 5.26 Å². The van der Waals surface area contributed by atoms with Crippen LogP contribution in [-0.4, -0.2) is 6.29 Å². The van der Waals surface area contributed by atoms with Crippen molar-refractivity contribution < 1.29 is 4.79 Å². The van der Waals surface area contributed by atoms with Crippen LogP contribution in [0.5, 0.6) is 0 Å². The van der Waals surface area contributed by atoms with Gasteiger partial charge < -0.3 is 0 Å². The van der Waals surface area contributed by atoms with Crippen LogP contribution in [0, 0.1) is 18.3 Å². The number of nitrogens with zero attached hydrogens (tertiary/aromatic N) is 1. The maximum atomic E-state index is 11.0. The summed E-state index contributed by atoms with van der Waals surface area (Å²) < 4.78 is 0. The third-order valence-electron chi connectivity index (χ3n) is 2.39. The predicted molar refractivity (Wildman–Crippen MR) is 64.6 cm³/mol. The van der Waals surface area contributed by atoms with Crippen molar-refractivity contribution in [2.45, 2.75) is 6.92 Å². The molecule has 1 heterocycles. The first-order valence-corrected chi connectivity index (χ1v) is 5.63. The van der Waals surface area contributed by atoms with E-state index in [0.717, 1.165) is 22.3 Å². The topological polar surface area (TPSA) is 40.9 Å². The first-order chi connectivity index (χ1) is 7.77. The molecule has 0 bridgehead atoms. The minimum atomic E-state index is 0.610. The first-order valence-electron chi connectivity index (χ1n) is 4.82. The molecule has 0 aliphatic carbocycles. The lowest BCUT2D eigenvalue weighted by atomic mass is 10.0. The van der Waals surface area contributed by atoms with E-state index in [0.29, 0.717) is 10.4 Å². The lowest BCUT2D eigenvalue weighted by Crippen LogP contribution is -1.84. The fraction of sp³-hybridized carbons (Fsp3) is 0.0769. The van der Waals surface area contributed by atoms with E-state index in [9.17, 15) is 4.79 Å². The van der Waals surface area contributed by atoms with Crippen molar-refractivity contribution in [2.24, 2.45) is 0 Å². The average Bonchev–Trinajstić information content (AvgIpc) is 2.66. The van der Waals surface area contributed by atoms with Crippen LogP contribution in [0.25, 0.3) is 11.1 Å². The molecule has 0 aliphatic heterocycles. The molecule has 0 spiro atoms. The molecule has 0 N–H and O–H groups in total. The zero-order chi connectivity index (χ0) is 11.5. The summed E-state index contributed by atoms with van der Waals surface area (Å²) in [5.74, 6) is 0. The molecule has 2 rings (SSSR count). The molecule has 0 saturated heterocycles. The number of benzene rings is 1. The van der Waals surface area contributed by atoms with Crippen molar-refractivity contribution in [3.8, 4) is 17.2 Å². The second-order valence-electron chi connectivity index (χ2n) is 3.37. The SMILES string of the molecule is Cc1sc(C=O)c(-c2ccccc2)c1C#N. The van der Waals surface area contributed by atoms with Crippen molar-refractivity contribution in [1.29, 1.82) is 5.26 Å². The molecule has 0 unspecified atom stereocenters. The largest absolute Gasteiger partial charge is 0.297 e. The number of hydrogen-bond acceptors (Lipinski definition) is 3. The summed E-state index contributed by atoms with van der Waals surface area (Å²) in [5, 5.41) is 9.11. The summed E-state index contributed by atoms with van der Waals surface area (Å²) in [5.41, 5.74) is 2.30. The maximum absolute atomic E-state index is 11.0. The Hall–Kier alpha value is -1.92. The highest BCUT2D eigenvalue weighted by molar-refractivity contribution is 7.14. The molecule has 0 atom stereocenters. The minimum Gasteiger partial charge on any atom is -0.297 e. The summed E-state index contributed by atoms with van der Waals surface area (Å²) >= 11 is 1.37. The minimum absolute atomic E-state index is 0.610. The number of aryl methyl sites for hydroxylation is 1. The first kappa shape index (κ1) is 10.6. The summed E-state index contributed by atoms with van der Waals surface area (Å²) in [4.78, 5) is 12.5. The van der Waals surface area contributed by atoms with Gasteiger partial charge in [-0.15, -0.1) is 11.3 Å². The molecule has 3 heteroatoms. The lowest BCUT2D eigenvalue weighted by Gasteiger charge is -2.00. The number of hydrogen-bond donors (Lipinski definition) is 0. The Bertz CT molecular complexity index is 564. The summed E-state index contributed by atoms with van der Waals surface area (Å²) in [6.45, 7) is 1.86. The van der Waals surface area contributed by atoms with Gasteiger partial charge in [-0.2, -0.15) is 5.26 Å². The molecule has 0 radical (unpaired) electrons. The lowest BCUT2D eigenvalue weighted by molar-refractivity contribution is 0.112. The second kappa shape index (κ2) is 4.30. The number of rotatable bonds is 2. The number of carbonyl (C=O) groups is 1. The Kier molecular flexibility index (Phi) is 2.84. The van der Waals surface area contributed by atoms with Crippen LogP contribution in [0.1, 0.15) is 20.1 Å². The zero-order valence-corrected chi connectivity index (χ0v) is 9.54. The van der Waals surface area contributed by atoms with Crippen LogP contribution in [0.4, 0.5) is 0 Å². The van der Waals surface area contributed by atoms with Crippen LogP contribution in [0.2, 0.25) is 0 Å². The van der Waals surface area contributed by atoms with Crippen LogP contribution in [-0.2, 0) is 0 Å². The average molecular weight is 227 g/mol. The van der Waals surface area contributed by atoms with Gasteiger partial charge in [0, 0.05) is 10.4 Å². The second-order valence-corrected chi connectivity index (χ2v) is 4.62. The van der Waals surface area contributed by atoms with E-state index in [2.05, 4.69) is 6.07 Å². The van der Waals surface area contributed by atoms with Crippen LogP contribution in [0.15, 0.2) is 30.3 Å². The van der Waals surface area contributed by atoms with Gasteiger partial charge in [0.25, 0.3) is 0 Å². The van der Waals surface area contributed by atoms with E-state index < -0.39 is 0 Å². The quantitative estimate of drug-likeness (QED) is 0.738. The van der Waals surface area contributed by atoms with E-state index >= 15 is 0 Å². The highest BCUT2D eigenvalue weighted by atomic mass is 32.1. The van der Waals surface area contributed by atoms with Gasteiger partial charge in [0.05, 0.1) is 10.4 Å². The smallest absolute Gasteiger partial charge is 0.160 e. The van der Waals surface area contributed by atoms with Gasteiger partial charge >= 0.3 is 0 Å². The Morgan fingerprint density at radius 3 is 2.56 bits per heavy atom. The van der Waals surface area contributed by atoms with Gasteiger partial charge in [-0.05, 0) is 12.5 Å². The fourth-order valence-electron chi connectivity index (χ4n) is 1.68. The Morgan fingerprint density at radius 2 is 2.00 bits per heavy atom. The molecule has 78 valence electrons. The number of carbonyl (C=O) groups excluding carboxylic acids is 1. The standard InChI is InChI=1S/C13H9NOS/c1-9-11(7-14)13(12(8-15)16-9)10-5-3-2-4-6-10/h2-6,8H,1H3. The van der Waals surface area contributed by atoms with E-state index in [1.807, 2.05) is 37.3 Å². The third kappa shape index (κ3) is 1.64. The van der Waals surface area contributed by atoms with Crippen LogP contribution in [0.3, 0.4) is 0 Å². The van der Waals surface area contributed by atoms with E-state index in [1.165, 1.54) is 11.3 Å². The van der Waals surface area contributed by atoms with Crippen molar-refractivity contribution in [3.63, 3.8) is 0 Å². The molecular formula is C13H9NOS. The van der Waals surface area contributed by atoms with Gasteiger partial charge in [0.2, 0.25) is 0 Å². The van der Waals surface area contributed by atoms with Gasteiger partial charge in [0.15, 0.2) is 6.29 Å². The van der Waals surface area contributed by atoms with Crippen LogP contribution >= 0.6 is 11.3 Å². The maximum Gasteiger partial charge on any atom is 0.160 e. The highest BCUT2D eigenvalue weighted by Gasteiger charge is 2.16. The van der Waals surface area contributed by atoms with E-state index in [-0.39, 0.29) is 0 Å². The Morgan fingerprint density at radius 1 is 1.31 bits per heavy atom. The molecular weight excluding hydrogens is 218 g/mol. The Labute approximate surface area is 97.8 Å². The van der Waals surface area contributed by atoms with Gasteiger partial charge in [0.1, 0.15) is 6.07 Å². The van der Waals surface area contributed by atoms with Gasteiger partial charge in [-0.3, -0.25) is 4.79 Å². The van der Waals surface area contributed by atoms with Gasteiger partial charge in [-0.25, -0.2) is 0 Å². The highest BCUT2D eigenvalue weighted by Crippen LogP contribution is 2.34. The predicted octanol–water partition coefficient (Wildman–Crippen LogP) is 3.41. The number of thiophene rings is 1. The number of aldehydes is 1. The summed E-state index contributed by atoms with van der Waals surface area (Å²) in [6.07, 6.45) is 0.820. The fourth-order valence-corrected chi connectivity index (χ4v) is 2.62. The Balaban J connectivity index is 2.73. The molecule has 0 aliphatic rings. The van der Waals surface area contributed by atoms with Crippen molar-refractivity contribution >= 4 is 17.6 Å². The normalized spacial score (nSPS) is 9.75. The molecule has 2 aromatic rings. The van der Waals surface area contributed by atoms with Crippen LogP contribution < -0.4 is 0 Å². The zero-order valence-electron chi connectivity index (χ0n) is 8.73. The number of nitriles is 1. The molecule has 16 heavy (non-hydrogen) atoms.